The first-order chi connectivity index (χ1) is 16.6. The summed E-state index contributed by atoms with van der Waals surface area (Å²) in [5, 5.41) is 12.5. The first-order valence-electron chi connectivity index (χ1n) is 10.6. The van der Waals surface area contributed by atoms with Gasteiger partial charge in [-0.25, -0.2) is 18.6 Å². The van der Waals surface area contributed by atoms with Crippen LogP contribution in [0.1, 0.15) is 51.7 Å². The van der Waals surface area contributed by atoms with Gasteiger partial charge in [0.2, 0.25) is 0 Å². The summed E-state index contributed by atoms with van der Waals surface area (Å²) in [6, 6.07) is 11.2. The quantitative estimate of drug-likeness (QED) is 0.422. The van der Waals surface area contributed by atoms with Crippen molar-refractivity contribution < 1.29 is 33.0 Å². The minimum atomic E-state index is -1.16. The van der Waals surface area contributed by atoms with Crippen LogP contribution in [0, 0.1) is 11.6 Å². The highest BCUT2D eigenvalue weighted by molar-refractivity contribution is 6.02. The number of rotatable bonds is 8. The maximum absolute atomic E-state index is 13.5. The smallest absolute Gasteiger partial charge is 0.328 e. The second kappa shape index (κ2) is 10.7. The van der Waals surface area contributed by atoms with Crippen molar-refractivity contribution in [1.29, 1.82) is 0 Å². The number of amides is 2. The average Bonchev–Trinajstić information content (AvgIpc) is 2.81. The number of benzene rings is 2. The number of aromatic hydroxyl groups is 1. The first kappa shape index (κ1) is 25.3. The summed E-state index contributed by atoms with van der Waals surface area (Å²) in [7, 11) is 0. The Hall–Kier alpha value is -4.34. The average molecular weight is 483 g/mol. The van der Waals surface area contributed by atoms with E-state index in [4.69, 9.17) is 10.5 Å². The minimum absolute atomic E-state index is 0.296. The number of nitrogens with zero attached hydrogens (tertiary/aromatic N) is 1. The predicted molar refractivity (Wildman–Crippen MR) is 122 cm³/mol. The molecule has 35 heavy (non-hydrogen) atoms. The molecule has 0 fully saturated rings. The maximum atomic E-state index is 13.5. The Balaban J connectivity index is 1.77. The van der Waals surface area contributed by atoms with Gasteiger partial charge >= 0.3 is 5.97 Å². The molecule has 3 rings (SSSR count). The summed E-state index contributed by atoms with van der Waals surface area (Å²) < 4.78 is 32.5. The Morgan fingerprint density at radius 3 is 1.94 bits per heavy atom. The Morgan fingerprint density at radius 1 is 0.943 bits per heavy atom. The van der Waals surface area contributed by atoms with Gasteiger partial charge in [-0.05, 0) is 55.3 Å². The molecule has 0 saturated heterocycles. The molecule has 4 N–H and O–H groups in total. The molecule has 0 spiro atoms. The van der Waals surface area contributed by atoms with E-state index in [-0.39, 0.29) is 5.56 Å². The molecule has 182 valence electrons. The van der Waals surface area contributed by atoms with Gasteiger partial charge in [-0.1, -0.05) is 24.3 Å². The standard InChI is InChI=1S/C25H23F2N3O5/c1-13(30-24(33)21-22(31)19(23(28)32)11-12-29-21)25(34)35-14(2)20(15-3-7-17(26)8-4-15)16-5-9-18(27)10-6-16/h3-14,20,31H,1-2H3,(H2,28,32)(H,30,33)/t13-,14?/m0/s1. The summed E-state index contributed by atoms with van der Waals surface area (Å²) in [5.74, 6) is -4.82. The van der Waals surface area contributed by atoms with E-state index < -0.39 is 58.9 Å². The molecule has 1 unspecified atom stereocenters. The van der Waals surface area contributed by atoms with Crippen molar-refractivity contribution in [2.45, 2.75) is 31.9 Å². The van der Waals surface area contributed by atoms with E-state index >= 15 is 0 Å². The summed E-state index contributed by atoms with van der Waals surface area (Å²) in [6.45, 7) is 2.99. The van der Waals surface area contributed by atoms with Crippen LogP contribution in [-0.2, 0) is 9.53 Å². The van der Waals surface area contributed by atoms with Gasteiger partial charge < -0.3 is 20.9 Å². The number of aromatic nitrogens is 1. The van der Waals surface area contributed by atoms with Crippen LogP contribution in [0.5, 0.6) is 5.75 Å². The molecular weight excluding hydrogens is 460 g/mol. The zero-order chi connectivity index (χ0) is 25.7. The highest BCUT2D eigenvalue weighted by Gasteiger charge is 2.28. The number of hydrogen-bond acceptors (Lipinski definition) is 6. The summed E-state index contributed by atoms with van der Waals surface area (Å²) >= 11 is 0. The van der Waals surface area contributed by atoms with Gasteiger partial charge in [-0.2, -0.15) is 0 Å². The summed E-state index contributed by atoms with van der Waals surface area (Å²) in [5.41, 5.74) is 5.64. The van der Waals surface area contributed by atoms with Crippen molar-refractivity contribution in [2.75, 3.05) is 0 Å². The van der Waals surface area contributed by atoms with E-state index in [1.807, 2.05) is 0 Å². The molecule has 10 heteroatoms. The van der Waals surface area contributed by atoms with Crippen LogP contribution in [0.4, 0.5) is 8.78 Å². The van der Waals surface area contributed by atoms with Crippen LogP contribution in [-0.4, -0.2) is 40.0 Å². The lowest BCUT2D eigenvalue weighted by Gasteiger charge is -2.26. The number of pyridine rings is 1. The third kappa shape index (κ3) is 5.97. The van der Waals surface area contributed by atoms with Crippen molar-refractivity contribution >= 4 is 17.8 Å². The minimum Gasteiger partial charge on any atom is -0.505 e. The second-order valence-corrected chi connectivity index (χ2v) is 7.84. The molecule has 0 bridgehead atoms. The lowest BCUT2D eigenvalue weighted by Crippen LogP contribution is -2.41. The molecule has 0 saturated carbocycles. The van der Waals surface area contributed by atoms with Crippen molar-refractivity contribution in [1.82, 2.24) is 10.3 Å². The van der Waals surface area contributed by atoms with Crippen molar-refractivity contribution in [2.24, 2.45) is 5.73 Å². The largest absolute Gasteiger partial charge is 0.505 e. The Bertz CT molecular complexity index is 1190. The topological polar surface area (TPSA) is 132 Å². The number of carbonyl (C=O) groups is 3. The molecule has 0 aliphatic carbocycles. The molecule has 1 aromatic heterocycles. The van der Waals surface area contributed by atoms with Crippen LogP contribution in [0.25, 0.3) is 0 Å². The van der Waals surface area contributed by atoms with E-state index in [9.17, 15) is 28.3 Å². The van der Waals surface area contributed by atoms with Crippen LogP contribution in [0.3, 0.4) is 0 Å². The van der Waals surface area contributed by atoms with E-state index in [2.05, 4.69) is 10.3 Å². The predicted octanol–water partition coefficient (Wildman–Crippen LogP) is 3.05. The molecule has 0 aliphatic heterocycles. The number of hydrogen-bond donors (Lipinski definition) is 3. The fraction of sp³-hybridized carbons (Fsp3) is 0.200. The van der Waals surface area contributed by atoms with Gasteiger partial charge in [0.1, 0.15) is 23.8 Å². The zero-order valence-electron chi connectivity index (χ0n) is 18.9. The number of halogens is 2. The van der Waals surface area contributed by atoms with E-state index in [1.165, 1.54) is 31.2 Å². The van der Waals surface area contributed by atoms with Crippen LogP contribution in [0.15, 0.2) is 60.8 Å². The Kier molecular flexibility index (Phi) is 7.75. The molecule has 0 radical (unpaired) electrons. The SMILES string of the molecule is CC(OC(=O)[C@H](C)NC(=O)c1nccc(C(N)=O)c1O)C(c1ccc(F)cc1)c1ccc(F)cc1. The van der Waals surface area contributed by atoms with Gasteiger partial charge in [0.05, 0.1) is 5.56 Å². The third-order valence-electron chi connectivity index (χ3n) is 5.34. The van der Waals surface area contributed by atoms with Gasteiger partial charge in [0, 0.05) is 12.1 Å². The lowest BCUT2D eigenvalue weighted by atomic mass is 9.87. The highest BCUT2D eigenvalue weighted by Crippen LogP contribution is 2.30. The fourth-order valence-corrected chi connectivity index (χ4v) is 3.57. The normalized spacial score (nSPS) is 12.6. The zero-order valence-corrected chi connectivity index (χ0v) is 18.9. The maximum Gasteiger partial charge on any atom is 0.328 e. The van der Waals surface area contributed by atoms with Gasteiger partial charge in [-0.15, -0.1) is 0 Å². The van der Waals surface area contributed by atoms with Crippen molar-refractivity contribution in [3.63, 3.8) is 0 Å². The van der Waals surface area contributed by atoms with Crippen molar-refractivity contribution in [3.8, 4) is 5.75 Å². The van der Waals surface area contributed by atoms with Crippen LogP contribution < -0.4 is 11.1 Å². The Morgan fingerprint density at radius 2 is 1.46 bits per heavy atom. The van der Waals surface area contributed by atoms with E-state index in [0.29, 0.717) is 11.1 Å². The summed E-state index contributed by atoms with van der Waals surface area (Å²) in [6.07, 6.45) is 0.331. The number of nitrogens with one attached hydrogen (secondary N) is 1. The molecule has 2 amide bonds. The lowest BCUT2D eigenvalue weighted by molar-refractivity contribution is -0.150. The van der Waals surface area contributed by atoms with Gasteiger partial charge in [0.15, 0.2) is 11.4 Å². The number of esters is 1. The molecule has 8 nitrogen and oxygen atoms in total. The van der Waals surface area contributed by atoms with Crippen molar-refractivity contribution in [3.05, 3.63) is 94.8 Å². The number of primary amides is 1. The Labute approximate surface area is 199 Å². The van der Waals surface area contributed by atoms with Gasteiger partial charge in [0.25, 0.3) is 11.8 Å². The molecule has 1 heterocycles. The van der Waals surface area contributed by atoms with Crippen LogP contribution in [0.2, 0.25) is 0 Å². The van der Waals surface area contributed by atoms with E-state index in [0.717, 1.165) is 12.3 Å². The first-order valence-corrected chi connectivity index (χ1v) is 10.6. The monoisotopic (exact) mass is 483 g/mol. The van der Waals surface area contributed by atoms with Crippen LogP contribution >= 0.6 is 0 Å². The number of nitrogens with two attached hydrogens (primary N) is 1. The molecule has 0 aliphatic rings. The molecule has 2 aromatic carbocycles. The number of ether oxygens (including phenoxy) is 1. The highest BCUT2D eigenvalue weighted by atomic mass is 19.1. The molecule has 2 atom stereocenters. The fourth-order valence-electron chi connectivity index (χ4n) is 3.57. The summed E-state index contributed by atoms with van der Waals surface area (Å²) in [4.78, 5) is 40.4. The second-order valence-electron chi connectivity index (χ2n) is 7.84. The molecule has 3 aromatic rings. The molecular formula is C25H23F2N3O5. The van der Waals surface area contributed by atoms with E-state index in [1.54, 1.807) is 31.2 Å². The third-order valence-corrected chi connectivity index (χ3v) is 5.34. The number of carbonyl (C=O) groups excluding carboxylic acids is 3. The van der Waals surface area contributed by atoms with Gasteiger partial charge in [-0.3, -0.25) is 9.59 Å².